The summed E-state index contributed by atoms with van der Waals surface area (Å²) in [5.74, 6) is 0.791. The van der Waals surface area contributed by atoms with Crippen molar-refractivity contribution in [3.8, 4) is 11.5 Å². The molecule has 0 bridgehead atoms. The van der Waals surface area contributed by atoms with Gasteiger partial charge in [-0.25, -0.2) is 9.97 Å². The third-order valence-electron chi connectivity index (χ3n) is 6.07. The molecule has 0 fully saturated rings. The van der Waals surface area contributed by atoms with E-state index in [2.05, 4.69) is 63.4 Å². The van der Waals surface area contributed by atoms with E-state index < -0.39 is 0 Å². The Balaban J connectivity index is 1.40. The molecule has 1 amide bonds. The van der Waals surface area contributed by atoms with Gasteiger partial charge in [-0.05, 0) is 68.8 Å². The van der Waals surface area contributed by atoms with Crippen LogP contribution >= 0.6 is 0 Å². The summed E-state index contributed by atoms with van der Waals surface area (Å²) < 4.78 is 1.94. The topological polar surface area (TPSA) is 88.8 Å². The third-order valence-corrected chi connectivity index (χ3v) is 6.07. The molecular weight excluding hydrogens is 426 g/mol. The van der Waals surface area contributed by atoms with Gasteiger partial charge in [0, 0.05) is 24.5 Å². The fourth-order valence-electron chi connectivity index (χ4n) is 4.19. The number of nitrogens with one attached hydrogen (secondary N) is 1. The van der Waals surface area contributed by atoms with Gasteiger partial charge in [-0.15, -0.1) is 10.2 Å². The number of hydrogen-bond acceptors (Lipinski definition) is 6. The summed E-state index contributed by atoms with van der Waals surface area (Å²) in [7, 11) is 2.13. The smallest absolute Gasteiger partial charge is 0.275 e. The van der Waals surface area contributed by atoms with E-state index in [4.69, 9.17) is 0 Å². The average Bonchev–Trinajstić information content (AvgIpc) is 3.35. The highest BCUT2D eigenvalue weighted by Crippen LogP contribution is 2.28. The van der Waals surface area contributed by atoms with Crippen molar-refractivity contribution >= 4 is 28.2 Å². The van der Waals surface area contributed by atoms with Crippen molar-refractivity contribution < 1.29 is 4.79 Å². The highest BCUT2D eigenvalue weighted by molar-refractivity contribution is 6.04. The fraction of sp³-hybridized carbons (Fsp3) is 0.269. The summed E-state index contributed by atoms with van der Waals surface area (Å²) in [6, 6.07) is 15.5. The first-order chi connectivity index (χ1) is 16.5. The van der Waals surface area contributed by atoms with Crippen molar-refractivity contribution in [2.24, 2.45) is 0 Å². The van der Waals surface area contributed by atoms with Gasteiger partial charge < -0.3 is 14.8 Å². The van der Waals surface area contributed by atoms with Gasteiger partial charge in [-0.2, -0.15) is 0 Å². The lowest BCUT2D eigenvalue weighted by Crippen LogP contribution is -2.23. The molecule has 172 valence electrons. The standard InChI is InChI=1S/C26H27N7O/c1-17(2)33-16-27-31-25(33)22-8-5-9-24(29-22)30-26(34)23-11-10-20-19(6-4-7-21(20)28-23)18-12-14-32(3)15-13-18/h4-12,16-17H,13-15H2,1-3H3,(H,29,30,34). The molecule has 0 atom stereocenters. The van der Waals surface area contributed by atoms with Gasteiger partial charge in [0.2, 0.25) is 0 Å². The van der Waals surface area contributed by atoms with Crippen LogP contribution in [0, 0.1) is 0 Å². The molecule has 8 heteroatoms. The minimum Gasteiger partial charge on any atom is -0.310 e. The molecule has 1 N–H and O–H groups in total. The first kappa shape index (κ1) is 21.9. The van der Waals surface area contributed by atoms with Crippen LogP contribution in [0.5, 0.6) is 0 Å². The number of pyridine rings is 2. The maximum Gasteiger partial charge on any atom is 0.275 e. The SMILES string of the molecule is CC(C)n1cnnc1-c1cccc(NC(=O)c2ccc3c(C4=CCN(C)CC4)cccc3n2)n1. The molecule has 0 aliphatic carbocycles. The highest BCUT2D eigenvalue weighted by atomic mass is 16.1. The maximum absolute atomic E-state index is 13.0. The number of carbonyl (C=O) groups is 1. The van der Waals surface area contributed by atoms with Crippen molar-refractivity contribution in [3.63, 3.8) is 0 Å². The number of benzene rings is 1. The Kier molecular flexibility index (Phi) is 5.90. The molecule has 1 aliphatic rings. The molecule has 0 spiro atoms. The van der Waals surface area contributed by atoms with E-state index in [9.17, 15) is 4.79 Å². The van der Waals surface area contributed by atoms with Crippen LogP contribution < -0.4 is 5.32 Å². The molecule has 1 aliphatic heterocycles. The molecule has 34 heavy (non-hydrogen) atoms. The minimum absolute atomic E-state index is 0.196. The van der Waals surface area contributed by atoms with Gasteiger partial charge in [-0.1, -0.05) is 24.3 Å². The molecular formula is C26H27N7O. The molecule has 0 unspecified atom stereocenters. The quantitative estimate of drug-likeness (QED) is 0.481. The second-order valence-corrected chi connectivity index (χ2v) is 8.83. The summed E-state index contributed by atoms with van der Waals surface area (Å²) in [5, 5.41) is 12.1. The third kappa shape index (κ3) is 4.32. The van der Waals surface area contributed by atoms with Gasteiger partial charge in [0.25, 0.3) is 5.91 Å². The summed E-state index contributed by atoms with van der Waals surface area (Å²) in [6.45, 7) is 6.09. The Bertz CT molecular complexity index is 1390. The summed E-state index contributed by atoms with van der Waals surface area (Å²) >= 11 is 0. The number of likely N-dealkylation sites (N-methyl/N-ethyl adjacent to an activating group) is 1. The molecule has 8 nitrogen and oxygen atoms in total. The zero-order chi connectivity index (χ0) is 23.7. The first-order valence-corrected chi connectivity index (χ1v) is 11.5. The van der Waals surface area contributed by atoms with Crippen molar-refractivity contribution in [3.05, 3.63) is 72.2 Å². The van der Waals surface area contributed by atoms with Crippen LogP contribution in [-0.4, -0.2) is 55.7 Å². The molecule has 1 aromatic carbocycles. The Morgan fingerprint density at radius 2 is 1.91 bits per heavy atom. The van der Waals surface area contributed by atoms with Crippen molar-refractivity contribution in [1.82, 2.24) is 29.6 Å². The zero-order valence-corrected chi connectivity index (χ0v) is 19.6. The minimum atomic E-state index is -0.305. The van der Waals surface area contributed by atoms with Crippen molar-refractivity contribution in [2.75, 3.05) is 25.5 Å². The summed E-state index contributed by atoms with van der Waals surface area (Å²) in [5.41, 5.74) is 4.31. The van der Waals surface area contributed by atoms with Crippen LogP contribution in [0.2, 0.25) is 0 Å². The number of fused-ring (bicyclic) bond motifs is 1. The van der Waals surface area contributed by atoms with Crippen LogP contribution in [0.25, 0.3) is 28.0 Å². The molecule has 4 aromatic rings. The number of carbonyl (C=O) groups excluding carboxylic acids is 1. The van der Waals surface area contributed by atoms with Crippen LogP contribution in [0.4, 0.5) is 5.82 Å². The van der Waals surface area contributed by atoms with E-state index >= 15 is 0 Å². The van der Waals surface area contributed by atoms with Gasteiger partial charge in [0.1, 0.15) is 23.5 Å². The number of amides is 1. The van der Waals surface area contributed by atoms with Gasteiger partial charge in [0.05, 0.1) is 5.52 Å². The van der Waals surface area contributed by atoms with E-state index in [1.807, 2.05) is 34.9 Å². The Morgan fingerprint density at radius 1 is 1.06 bits per heavy atom. The molecule has 5 rings (SSSR count). The molecule has 4 heterocycles. The first-order valence-electron chi connectivity index (χ1n) is 11.5. The Labute approximate surface area is 198 Å². The fourth-order valence-corrected chi connectivity index (χ4v) is 4.19. The van der Waals surface area contributed by atoms with Crippen LogP contribution in [-0.2, 0) is 0 Å². The van der Waals surface area contributed by atoms with Crippen LogP contribution in [0.1, 0.15) is 42.4 Å². The summed E-state index contributed by atoms with van der Waals surface area (Å²) in [6.07, 6.45) is 4.96. The molecule has 0 radical (unpaired) electrons. The molecule has 0 saturated carbocycles. The Morgan fingerprint density at radius 3 is 2.71 bits per heavy atom. The monoisotopic (exact) mass is 453 g/mol. The number of nitrogens with zero attached hydrogens (tertiary/aromatic N) is 6. The lowest BCUT2D eigenvalue weighted by atomic mass is 9.95. The Hall–Kier alpha value is -3.91. The van der Waals surface area contributed by atoms with E-state index in [0.29, 0.717) is 23.0 Å². The zero-order valence-electron chi connectivity index (χ0n) is 19.6. The van der Waals surface area contributed by atoms with E-state index in [1.165, 1.54) is 11.1 Å². The second kappa shape index (κ2) is 9.15. The van der Waals surface area contributed by atoms with Crippen molar-refractivity contribution in [2.45, 2.75) is 26.3 Å². The number of anilines is 1. The van der Waals surface area contributed by atoms with Crippen molar-refractivity contribution in [1.29, 1.82) is 0 Å². The van der Waals surface area contributed by atoms with Gasteiger partial charge >= 0.3 is 0 Å². The van der Waals surface area contributed by atoms with Gasteiger partial charge in [-0.3, -0.25) is 4.79 Å². The number of hydrogen-bond donors (Lipinski definition) is 1. The average molecular weight is 454 g/mol. The van der Waals surface area contributed by atoms with E-state index in [0.717, 1.165) is 30.4 Å². The van der Waals surface area contributed by atoms with E-state index in [1.54, 1.807) is 18.5 Å². The van der Waals surface area contributed by atoms with Gasteiger partial charge in [0.15, 0.2) is 5.82 Å². The maximum atomic E-state index is 13.0. The lowest BCUT2D eigenvalue weighted by Gasteiger charge is -2.22. The molecule has 3 aromatic heterocycles. The summed E-state index contributed by atoms with van der Waals surface area (Å²) in [4.78, 5) is 24.5. The predicted octanol–water partition coefficient (Wildman–Crippen LogP) is 4.44. The number of aromatic nitrogens is 5. The van der Waals surface area contributed by atoms with Crippen LogP contribution in [0.15, 0.2) is 60.9 Å². The van der Waals surface area contributed by atoms with E-state index in [-0.39, 0.29) is 11.9 Å². The normalized spacial score (nSPS) is 14.4. The second-order valence-electron chi connectivity index (χ2n) is 8.83. The largest absolute Gasteiger partial charge is 0.310 e. The van der Waals surface area contributed by atoms with Crippen LogP contribution in [0.3, 0.4) is 0 Å². The number of rotatable bonds is 5. The highest BCUT2D eigenvalue weighted by Gasteiger charge is 2.16. The lowest BCUT2D eigenvalue weighted by molar-refractivity contribution is 0.102. The molecule has 0 saturated heterocycles. The predicted molar refractivity (Wildman–Crippen MR) is 133 cm³/mol.